The van der Waals surface area contributed by atoms with Crippen molar-refractivity contribution in [2.24, 2.45) is 0 Å². The van der Waals surface area contributed by atoms with Crippen LogP contribution in [0.2, 0.25) is 0 Å². The van der Waals surface area contributed by atoms with Crippen molar-refractivity contribution < 1.29 is 4.79 Å². The molecule has 1 fully saturated rings. The van der Waals surface area contributed by atoms with Crippen LogP contribution >= 0.6 is 0 Å². The highest BCUT2D eigenvalue weighted by Gasteiger charge is 2.37. The molecule has 0 bridgehead atoms. The van der Waals surface area contributed by atoms with Crippen LogP contribution in [0.1, 0.15) is 45.0 Å². The Morgan fingerprint density at radius 3 is 2.28 bits per heavy atom. The lowest BCUT2D eigenvalue weighted by Crippen LogP contribution is -2.22. The third-order valence-corrected chi connectivity index (χ3v) is 5.34. The second-order valence-corrected chi connectivity index (χ2v) is 7.43. The van der Waals surface area contributed by atoms with Crippen molar-refractivity contribution in [2.75, 3.05) is 0 Å². The summed E-state index contributed by atoms with van der Waals surface area (Å²) >= 11 is 0. The van der Waals surface area contributed by atoms with Crippen LogP contribution in [0, 0.1) is 11.3 Å². The molecule has 4 rings (SSSR count). The van der Waals surface area contributed by atoms with Crippen LogP contribution < -0.4 is 10.6 Å². The monoisotopic (exact) mass is 381 g/mol. The number of nitrogens with zero attached hydrogens (tertiary/aromatic N) is 1. The second kappa shape index (κ2) is 8.72. The summed E-state index contributed by atoms with van der Waals surface area (Å²) in [4.78, 5) is 12.3. The molecule has 144 valence electrons. The van der Waals surface area contributed by atoms with Crippen LogP contribution in [0.15, 0.2) is 78.9 Å². The molecule has 3 aromatic rings. The van der Waals surface area contributed by atoms with Crippen molar-refractivity contribution in [3.8, 4) is 6.07 Å². The van der Waals surface area contributed by atoms with E-state index in [4.69, 9.17) is 5.26 Å². The molecule has 0 spiro atoms. The van der Waals surface area contributed by atoms with Crippen molar-refractivity contribution in [3.05, 3.63) is 107 Å². The third kappa shape index (κ3) is 4.90. The highest BCUT2D eigenvalue weighted by Crippen LogP contribution is 2.40. The molecule has 2 unspecified atom stereocenters. The summed E-state index contributed by atoms with van der Waals surface area (Å²) in [7, 11) is 0. The zero-order chi connectivity index (χ0) is 20.1. The second-order valence-electron chi connectivity index (χ2n) is 7.43. The number of hydrogen-bond donors (Lipinski definition) is 2. The zero-order valence-electron chi connectivity index (χ0n) is 16.1. The van der Waals surface area contributed by atoms with Crippen LogP contribution in [0.3, 0.4) is 0 Å². The molecule has 0 saturated heterocycles. The quantitative estimate of drug-likeness (QED) is 0.647. The van der Waals surface area contributed by atoms with E-state index in [9.17, 15) is 4.79 Å². The van der Waals surface area contributed by atoms with Crippen molar-refractivity contribution in [3.63, 3.8) is 0 Å². The topological polar surface area (TPSA) is 64.9 Å². The van der Waals surface area contributed by atoms with Gasteiger partial charge in [0.05, 0.1) is 11.6 Å². The summed E-state index contributed by atoms with van der Waals surface area (Å²) in [5.41, 5.74) is 4.91. The SMILES string of the molecule is N#Cc1ccc(CNC2CC2c2ccc(C(=O)NCc3ccccc3)cc2)cc1. The number of amides is 1. The predicted molar refractivity (Wildman–Crippen MR) is 113 cm³/mol. The fourth-order valence-corrected chi connectivity index (χ4v) is 3.50. The van der Waals surface area contributed by atoms with Crippen LogP contribution in [0.5, 0.6) is 0 Å². The van der Waals surface area contributed by atoms with Gasteiger partial charge in [-0.05, 0) is 47.4 Å². The fourth-order valence-electron chi connectivity index (χ4n) is 3.50. The molecule has 4 nitrogen and oxygen atoms in total. The van der Waals surface area contributed by atoms with Crippen LogP contribution in [0.4, 0.5) is 0 Å². The summed E-state index contributed by atoms with van der Waals surface area (Å²) in [6.45, 7) is 1.33. The fraction of sp³-hybridized carbons (Fsp3) is 0.200. The molecule has 0 aliphatic heterocycles. The van der Waals surface area contributed by atoms with Gasteiger partial charge in [0.15, 0.2) is 0 Å². The molecular formula is C25H23N3O. The number of benzene rings is 3. The summed E-state index contributed by atoms with van der Waals surface area (Å²) in [6.07, 6.45) is 1.11. The van der Waals surface area contributed by atoms with Crippen LogP contribution in [-0.2, 0) is 13.1 Å². The molecule has 4 heteroatoms. The van der Waals surface area contributed by atoms with E-state index in [2.05, 4.69) is 28.8 Å². The number of hydrogen-bond acceptors (Lipinski definition) is 3. The van der Waals surface area contributed by atoms with E-state index in [1.165, 1.54) is 11.1 Å². The van der Waals surface area contributed by atoms with Crippen molar-refractivity contribution >= 4 is 5.91 Å². The largest absolute Gasteiger partial charge is 0.348 e. The van der Waals surface area contributed by atoms with Crippen molar-refractivity contribution in [1.82, 2.24) is 10.6 Å². The van der Waals surface area contributed by atoms with Gasteiger partial charge in [0.25, 0.3) is 5.91 Å². The molecule has 2 N–H and O–H groups in total. The maximum absolute atomic E-state index is 12.3. The van der Waals surface area contributed by atoms with Gasteiger partial charge in [0.1, 0.15) is 0 Å². The predicted octanol–water partition coefficient (Wildman–Crippen LogP) is 4.13. The molecule has 0 heterocycles. The maximum atomic E-state index is 12.3. The van der Waals surface area contributed by atoms with Crippen LogP contribution in [0.25, 0.3) is 0 Å². The van der Waals surface area contributed by atoms with Crippen molar-refractivity contribution in [2.45, 2.75) is 31.5 Å². The van der Waals surface area contributed by atoms with Gasteiger partial charge in [-0.25, -0.2) is 0 Å². The van der Waals surface area contributed by atoms with E-state index in [-0.39, 0.29) is 5.91 Å². The minimum Gasteiger partial charge on any atom is -0.348 e. The van der Waals surface area contributed by atoms with E-state index in [1.807, 2.05) is 66.7 Å². The first-order valence-electron chi connectivity index (χ1n) is 9.87. The Morgan fingerprint density at radius 1 is 0.897 bits per heavy atom. The van der Waals surface area contributed by atoms with Gasteiger partial charge >= 0.3 is 0 Å². The number of carbonyl (C=O) groups excluding carboxylic acids is 1. The van der Waals surface area contributed by atoms with Gasteiger partial charge in [0.2, 0.25) is 0 Å². The average molecular weight is 381 g/mol. The van der Waals surface area contributed by atoms with Crippen molar-refractivity contribution in [1.29, 1.82) is 5.26 Å². The number of nitriles is 1. The summed E-state index contributed by atoms with van der Waals surface area (Å²) < 4.78 is 0. The molecule has 29 heavy (non-hydrogen) atoms. The Balaban J connectivity index is 1.26. The molecule has 1 saturated carbocycles. The molecule has 1 aliphatic rings. The van der Waals surface area contributed by atoms with E-state index >= 15 is 0 Å². The summed E-state index contributed by atoms with van der Waals surface area (Å²) in [5, 5.41) is 15.4. The standard InChI is InChI=1S/C25H23N3O/c26-15-18-6-8-20(9-7-18)16-27-24-14-23(24)21-10-12-22(13-11-21)25(29)28-17-19-4-2-1-3-5-19/h1-13,23-24,27H,14,16-17H2,(H,28,29). The summed E-state index contributed by atoms with van der Waals surface area (Å²) in [5.74, 6) is 0.446. The first kappa shape index (κ1) is 18.9. The van der Waals surface area contributed by atoms with Gasteiger partial charge in [-0.3, -0.25) is 4.79 Å². The number of nitrogens with one attached hydrogen (secondary N) is 2. The smallest absolute Gasteiger partial charge is 0.251 e. The molecule has 1 amide bonds. The number of carbonyl (C=O) groups is 1. The average Bonchev–Trinajstić information content (AvgIpc) is 3.57. The first-order valence-corrected chi connectivity index (χ1v) is 9.87. The van der Waals surface area contributed by atoms with Gasteiger partial charge in [0, 0.05) is 30.6 Å². The van der Waals surface area contributed by atoms with Crippen LogP contribution in [-0.4, -0.2) is 11.9 Å². The Bertz CT molecular complexity index is 1000. The Hall–Kier alpha value is -3.42. The lowest BCUT2D eigenvalue weighted by atomic mass is 10.1. The molecule has 1 aliphatic carbocycles. The van der Waals surface area contributed by atoms with E-state index in [0.717, 1.165) is 18.5 Å². The molecular weight excluding hydrogens is 358 g/mol. The molecule has 2 atom stereocenters. The first-order chi connectivity index (χ1) is 14.2. The van der Waals surface area contributed by atoms with Gasteiger partial charge < -0.3 is 10.6 Å². The molecule has 0 radical (unpaired) electrons. The molecule has 3 aromatic carbocycles. The molecule has 0 aromatic heterocycles. The van der Waals surface area contributed by atoms with Gasteiger partial charge in [-0.1, -0.05) is 54.6 Å². The van der Waals surface area contributed by atoms with E-state index in [0.29, 0.717) is 29.6 Å². The van der Waals surface area contributed by atoms with Gasteiger partial charge in [-0.15, -0.1) is 0 Å². The zero-order valence-corrected chi connectivity index (χ0v) is 16.1. The Morgan fingerprint density at radius 2 is 1.59 bits per heavy atom. The minimum absolute atomic E-state index is 0.0494. The Kier molecular flexibility index (Phi) is 5.69. The highest BCUT2D eigenvalue weighted by molar-refractivity contribution is 5.94. The Labute approximate surface area is 171 Å². The minimum atomic E-state index is -0.0494. The van der Waals surface area contributed by atoms with Gasteiger partial charge in [-0.2, -0.15) is 5.26 Å². The number of rotatable bonds is 7. The third-order valence-electron chi connectivity index (χ3n) is 5.34. The lowest BCUT2D eigenvalue weighted by molar-refractivity contribution is 0.0951. The van der Waals surface area contributed by atoms with E-state index < -0.39 is 0 Å². The lowest BCUT2D eigenvalue weighted by Gasteiger charge is -2.07. The normalized spacial score (nSPS) is 17.3. The highest BCUT2D eigenvalue weighted by atomic mass is 16.1. The maximum Gasteiger partial charge on any atom is 0.251 e. The summed E-state index contributed by atoms with van der Waals surface area (Å²) in [6, 6.07) is 28.1. The van der Waals surface area contributed by atoms with E-state index in [1.54, 1.807) is 0 Å².